The lowest BCUT2D eigenvalue weighted by atomic mass is 9.69. The maximum absolute atomic E-state index is 15.0. The van der Waals surface area contributed by atoms with Crippen LogP contribution in [0.25, 0.3) is 21.9 Å². The SMILES string of the molecule is CC1CCC(C2CCC(C(F)(F)Oc3ccc(-c4cc(F)c5c(F)c(F)c(F)cc5c4)c(F)c3F)CC2)CC1. The van der Waals surface area contributed by atoms with Crippen LogP contribution in [0.15, 0.2) is 30.3 Å². The molecule has 39 heavy (non-hydrogen) atoms. The molecule has 2 fully saturated rings. The minimum atomic E-state index is -3.73. The minimum Gasteiger partial charge on any atom is -0.429 e. The molecule has 0 aliphatic heterocycles. The maximum atomic E-state index is 15.0. The first-order valence-corrected chi connectivity index (χ1v) is 13.3. The Hall–Kier alpha value is -2.84. The molecule has 1 nitrogen and oxygen atoms in total. The summed E-state index contributed by atoms with van der Waals surface area (Å²) in [5, 5.41) is -1.28. The normalized spacial score (nSPS) is 24.2. The number of hydrogen-bond acceptors (Lipinski definition) is 1. The Bertz CT molecular complexity index is 1370. The largest absolute Gasteiger partial charge is 0.429 e. The van der Waals surface area contributed by atoms with Crippen LogP contribution >= 0.6 is 0 Å². The van der Waals surface area contributed by atoms with Gasteiger partial charge in [0.2, 0.25) is 5.82 Å². The molecule has 0 aromatic heterocycles. The monoisotopic (exact) mass is 556 g/mol. The number of alkyl halides is 2. The number of benzene rings is 3. The third-order valence-electron chi connectivity index (χ3n) is 8.60. The summed E-state index contributed by atoms with van der Waals surface area (Å²) in [4.78, 5) is 0. The third-order valence-corrected chi connectivity index (χ3v) is 8.60. The van der Waals surface area contributed by atoms with Crippen LogP contribution < -0.4 is 4.74 Å². The summed E-state index contributed by atoms with van der Waals surface area (Å²) in [6.07, 6.45) is 2.52. The number of fused-ring (bicyclic) bond motifs is 1. The zero-order chi connectivity index (χ0) is 28.1. The highest BCUT2D eigenvalue weighted by Gasteiger charge is 2.45. The van der Waals surface area contributed by atoms with Crippen LogP contribution in [0.3, 0.4) is 0 Å². The van der Waals surface area contributed by atoms with Gasteiger partial charge in [0.25, 0.3) is 0 Å². The number of rotatable bonds is 5. The van der Waals surface area contributed by atoms with Gasteiger partial charge in [-0.05, 0) is 97.6 Å². The summed E-state index contributed by atoms with van der Waals surface area (Å²) in [7, 11) is 0. The summed E-state index contributed by atoms with van der Waals surface area (Å²) < 4.78 is 120. The number of ether oxygens (including phenoxy) is 1. The smallest absolute Gasteiger partial charge is 0.400 e. The first kappa shape index (κ1) is 27.7. The standard InChI is InChI=1S/C30H28F8O/c1-15-2-4-16(5-3-15)17-6-8-20(9-7-17)30(37,38)39-24-11-10-21(26(33)28(24)35)18-12-19-14-23(32)27(34)29(36)25(19)22(31)13-18/h10-17,20H,2-9H2,1H3. The van der Waals surface area contributed by atoms with Gasteiger partial charge in [-0.25, -0.2) is 22.0 Å². The molecule has 0 heterocycles. The summed E-state index contributed by atoms with van der Waals surface area (Å²) in [5.41, 5.74) is -0.869. The molecule has 3 aromatic rings. The van der Waals surface area contributed by atoms with E-state index in [9.17, 15) is 26.3 Å². The summed E-state index contributed by atoms with van der Waals surface area (Å²) in [6.45, 7) is 2.23. The van der Waals surface area contributed by atoms with E-state index in [1.54, 1.807) is 0 Å². The van der Waals surface area contributed by atoms with Crippen molar-refractivity contribution in [3.8, 4) is 16.9 Å². The van der Waals surface area contributed by atoms with Gasteiger partial charge in [-0.3, -0.25) is 0 Å². The van der Waals surface area contributed by atoms with E-state index in [-0.39, 0.29) is 18.4 Å². The average molecular weight is 557 g/mol. The minimum absolute atomic E-state index is 0.218. The van der Waals surface area contributed by atoms with Crippen molar-refractivity contribution >= 4 is 10.8 Å². The second kappa shape index (κ2) is 10.6. The lowest BCUT2D eigenvalue weighted by Crippen LogP contribution is -2.38. The predicted octanol–water partition coefficient (Wildman–Crippen LogP) is 9.95. The Labute approximate surface area is 221 Å². The Morgan fingerprint density at radius 2 is 1.28 bits per heavy atom. The van der Waals surface area contributed by atoms with E-state index in [2.05, 4.69) is 6.92 Å². The zero-order valence-corrected chi connectivity index (χ0v) is 21.3. The average Bonchev–Trinajstić information content (AvgIpc) is 2.90. The molecule has 5 rings (SSSR count). The lowest BCUT2D eigenvalue weighted by Gasteiger charge is -2.38. The van der Waals surface area contributed by atoms with E-state index in [0.717, 1.165) is 43.9 Å². The van der Waals surface area contributed by atoms with Crippen LogP contribution in [0.2, 0.25) is 0 Å². The van der Waals surface area contributed by atoms with Gasteiger partial charge in [-0.15, -0.1) is 0 Å². The van der Waals surface area contributed by atoms with Gasteiger partial charge in [-0.1, -0.05) is 19.8 Å². The fraction of sp³-hybridized carbons (Fsp3) is 0.467. The Kier molecular flexibility index (Phi) is 7.55. The van der Waals surface area contributed by atoms with Gasteiger partial charge in [0.05, 0.1) is 11.3 Å². The molecule has 0 saturated heterocycles. The lowest BCUT2D eigenvalue weighted by molar-refractivity contribution is -0.225. The third kappa shape index (κ3) is 5.33. The van der Waals surface area contributed by atoms with Crippen molar-refractivity contribution in [1.29, 1.82) is 0 Å². The highest BCUT2D eigenvalue weighted by atomic mass is 19.3. The molecular weight excluding hydrogens is 528 g/mol. The first-order valence-electron chi connectivity index (χ1n) is 13.3. The summed E-state index contributed by atoms with van der Waals surface area (Å²) >= 11 is 0. The van der Waals surface area contributed by atoms with E-state index in [1.807, 2.05) is 0 Å². The summed E-state index contributed by atoms with van der Waals surface area (Å²) in [5.74, 6) is -10.3. The van der Waals surface area contributed by atoms with Crippen LogP contribution in [-0.4, -0.2) is 6.11 Å². The highest BCUT2D eigenvalue weighted by Crippen LogP contribution is 2.46. The van der Waals surface area contributed by atoms with Crippen molar-refractivity contribution < 1.29 is 39.9 Å². The molecule has 3 aromatic carbocycles. The molecule has 0 amide bonds. The fourth-order valence-corrected chi connectivity index (χ4v) is 6.29. The Morgan fingerprint density at radius 3 is 1.92 bits per heavy atom. The van der Waals surface area contributed by atoms with E-state index in [4.69, 9.17) is 4.74 Å². The second-order valence-electron chi connectivity index (χ2n) is 11.1. The molecule has 0 atom stereocenters. The Balaban J connectivity index is 1.33. The van der Waals surface area contributed by atoms with E-state index in [0.29, 0.717) is 42.7 Å². The van der Waals surface area contributed by atoms with Crippen molar-refractivity contribution in [2.24, 2.45) is 23.7 Å². The first-order chi connectivity index (χ1) is 18.5. The maximum Gasteiger partial charge on any atom is 0.400 e. The molecular formula is C30H28F8O. The van der Waals surface area contributed by atoms with Crippen molar-refractivity contribution in [2.45, 2.75) is 64.4 Å². The van der Waals surface area contributed by atoms with Gasteiger partial charge in [0, 0.05) is 5.56 Å². The van der Waals surface area contributed by atoms with Crippen LogP contribution in [0.4, 0.5) is 35.1 Å². The molecule has 2 aliphatic carbocycles. The number of halogens is 8. The molecule has 210 valence electrons. The number of hydrogen-bond donors (Lipinski definition) is 0. The topological polar surface area (TPSA) is 9.23 Å². The molecule has 0 bridgehead atoms. The van der Waals surface area contributed by atoms with Gasteiger partial charge >= 0.3 is 6.11 Å². The second-order valence-corrected chi connectivity index (χ2v) is 11.1. The molecule has 0 N–H and O–H groups in total. The van der Waals surface area contributed by atoms with E-state index in [1.165, 1.54) is 0 Å². The van der Waals surface area contributed by atoms with Crippen LogP contribution in [0.5, 0.6) is 5.75 Å². The molecule has 0 spiro atoms. The van der Waals surface area contributed by atoms with Crippen molar-refractivity contribution in [1.82, 2.24) is 0 Å². The van der Waals surface area contributed by atoms with Crippen molar-refractivity contribution in [2.75, 3.05) is 0 Å². The molecule has 0 unspecified atom stereocenters. The molecule has 2 aliphatic rings. The highest BCUT2D eigenvalue weighted by molar-refractivity contribution is 5.88. The van der Waals surface area contributed by atoms with Crippen LogP contribution in [0, 0.1) is 58.6 Å². The summed E-state index contributed by atoms with van der Waals surface area (Å²) in [6, 6.07) is 3.83. The van der Waals surface area contributed by atoms with Crippen LogP contribution in [-0.2, 0) is 0 Å². The fourth-order valence-electron chi connectivity index (χ4n) is 6.29. The van der Waals surface area contributed by atoms with E-state index >= 15 is 8.78 Å². The Morgan fingerprint density at radius 1 is 0.667 bits per heavy atom. The van der Waals surface area contributed by atoms with Gasteiger partial charge < -0.3 is 4.74 Å². The van der Waals surface area contributed by atoms with E-state index < -0.39 is 69.0 Å². The van der Waals surface area contributed by atoms with Gasteiger partial charge in [0.15, 0.2) is 29.0 Å². The van der Waals surface area contributed by atoms with Crippen molar-refractivity contribution in [3.63, 3.8) is 0 Å². The quantitative estimate of drug-likeness (QED) is 0.225. The molecule has 2 saturated carbocycles. The van der Waals surface area contributed by atoms with Crippen molar-refractivity contribution in [3.05, 3.63) is 65.2 Å². The van der Waals surface area contributed by atoms with Gasteiger partial charge in [0.1, 0.15) is 5.82 Å². The van der Waals surface area contributed by atoms with Crippen LogP contribution in [0.1, 0.15) is 58.3 Å². The zero-order valence-electron chi connectivity index (χ0n) is 21.3. The molecule has 9 heteroatoms. The predicted molar refractivity (Wildman–Crippen MR) is 131 cm³/mol. The van der Waals surface area contributed by atoms with Gasteiger partial charge in [-0.2, -0.15) is 13.2 Å². The molecule has 0 radical (unpaired) electrons.